The number of hydrogen-bond acceptors (Lipinski definition) is 4. The molecule has 4 nitrogen and oxygen atoms in total. The zero-order valence-electron chi connectivity index (χ0n) is 18.7. The van der Waals surface area contributed by atoms with Crippen LogP contribution in [0, 0.1) is 0 Å². The molecule has 0 saturated heterocycles. The fraction of sp³-hybridized carbons (Fsp3) is 0.308. The van der Waals surface area contributed by atoms with Crippen LogP contribution in [-0.4, -0.2) is 36.0 Å². The molecule has 1 saturated carbocycles. The number of nitrogens with zero attached hydrogens (tertiary/aromatic N) is 2. The second kappa shape index (κ2) is 14.2. The molecule has 3 rings (SSSR count). The van der Waals surface area contributed by atoms with E-state index in [4.69, 9.17) is 44.5 Å². The molecule has 2 atom stereocenters. The minimum Gasteiger partial charge on any atom is -0.689 e. The average Bonchev–Trinajstić information content (AvgIpc) is 2.85. The maximum atomic E-state index is 5.51. The summed E-state index contributed by atoms with van der Waals surface area (Å²) in [7, 11) is 3.30. The zero-order valence-corrected chi connectivity index (χ0v) is 21.3. The fourth-order valence-corrected chi connectivity index (χ4v) is 3.98. The molecule has 0 bridgehead atoms. The van der Waals surface area contributed by atoms with Crippen molar-refractivity contribution in [1.29, 1.82) is 0 Å². The third-order valence-corrected chi connectivity index (χ3v) is 6.19. The largest absolute Gasteiger partial charge is 2.00 e. The van der Waals surface area contributed by atoms with Crippen LogP contribution in [0.25, 0.3) is 10.6 Å². The summed E-state index contributed by atoms with van der Waals surface area (Å²) in [5.41, 5.74) is 1.96. The summed E-state index contributed by atoms with van der Waals surface area (Å²) < 4.78 is 10.4. The minimum absolute atomic E-state index is 0. The Morgan fingerprint density at radius 1 is 0.727 bits per heavy atom. The van der Waals surface area contributed by atoms with Crippen molar-refractivity contribution in [2.24, 2.45) is 0 Å². The van der Waals surface area contributed by atoms with E-state index in [0.717, 1.165) is 45.2 Å². The number of hydrogen-bond donors (Lipinski definition) is 0. The molecule has 0 unspecified atom stereocenters. The summed E-state index contributed by atoms with van der Waals surface area (Å²) in [6, 6.07) is 15.8. The van der Waals surface area contributed by atoms with Gasteiger partial charge in [-0.15, -0.1) is 12.1 Å². The predicted octanol–water partition coefficient (Wildman–Crippen LogP) is 6.92. The molecule has 0 aromatic heterocycles. The van der Waals surface area contributed by atoms with Gasteiger partial charge in [0.25, 0.3) is 0 Å². The van der Waals surface area contributed by atoms with Crippen molar-refractivity contribution in [3.8, 4) is 11.5 Å². The van der Waals surface area contributed by atoms with E-state index >= 15 is 0 Å². The van der Waals surface area contributed by atoms with Crippen molar-refractivity contribution >= 4 is 34.2 Å². The molecule has 1 aliphatic carbocycles. The third kappa shape index (κ3) is 8.27. The summed E-state index contributed by atoms with van der Waals surface area (Å²) in [5.74, 6) is 1.63. The van der Waals surface area contributed by atoms with Crippen LogP contribution >= 0.6 is 24.4 Å². The molecule has 1 radical (unpaired) electrons. The molecular weight excluding hydrogens is 500 g/mol. The molecule has 1 aliphatic rings. The van der Waals surface area contributed by atoms with E-state index in [1.807, 2.05) is 73.1 Å². The van der Waals surface area contributed by atoms with Crippen LogP contribution in [0.15, 0.2) is 73.1 Å². The molecule has 0 N–H and O–H groups in total. The van der Waals surface area contributed by atoms with E-state index in [2.05, 4.69) is 0 Å². The van der Waals surface area contributed by atoms with E-state index < -0.39 is 0 Å². The number of allylic oxidation sites excluding steroid dienone is 2. The fourth-order valence-electron chi connectivity index (χ4n) is 3.59. The Balaban J connectivity index is 0.00000385. The van der Waals surface area contributed by atoms with Crippen molar-refractivity contribution in [3.63, 3.8) is 0 Å². The topological polar surface area (TPSA) is 46.7 Å². The standard InChI is InChI=1S/C26H30N2O2S2.Cu/c1-29-21-11-7-19(8-12-21)25(31)15-17-27-23-5-3-4-6-24(23)28-18-16-26(32)20-9-13-22(30-2)14-10-20;/h7-18,23-24H,3-6H2,1-2H3,(H2,27,28,31,32);/q;+2/p-2/t23-,24-;/m1./s1. The number of methoxy groups -OCH3 is 2. The van der Waals surface area contributed by atoms with Gasteiger partial charge in [-0.1, -0.05) is 62.3 Å². The van der Waals surface area contributed by atoms with Crippen molar-refractivity contribution in [2.75, 3.05) is 14.2 Å². The monoisotopic (exact) mass is 527 g/mol. The predicted molar refractivity (Wildman–Crippen MR) is 140 cm³/mol. The van der Waals surface area contributed by atoms with E-state index in [9.17, 15) is 0 Å². The van der Waals surface area contributed by atoms with Gasteiger partial charge in [-0.2, -0.15) is 12.4 Å². The van der Waals surface area contributed by atoms with E-state index in [-0.39, 0.29) is 29.2 Å². The Bertz CT molecular complexity index is 880. The van der Waals surface area contributed by atoms with Gasteiger partial charge in [0.05, 0.1) is 14.2 Å². The van der Waals surface area contributed by atoms with Gasteiger partial charge in [0.15, 0.2) is 0 Å². The first-order valence-electron chi connectivity index (χ1n) is 10.7. The Morgan fingerprint density at radius 3 is 1.42 bits per heavy atom. The van der Waals surface area contributed by atoms with Crippen LogP contribution in [-0.2, 0) is 17.1 Å². The Hall–Kier alpha value is -2.18. The van der Waals surface area contributed by atoms with Crippen LogP contribution in [0.4, 0.5) is 0 Å². The molecule has 0 heterocycles. The average molecular weight is 528 g/mol. The van der Waals surface area contributed by atoms with E-state index in [1.54, 1.807) is 14.2 Å². The van der Waals surface area contributed by atoms with Gasteiger partial charge in [0, 0.05) is 9.73 Å². The van der Waals surface area contributed by atoms with Gasteiger partial charge in [-0.05, 0) is 59.7 Å². The van der Waals surface area contributed by atoms with Crippen LogP contribution in [0.1, 0.15) is 36.8 Å². The zero-order chi connectivity index (χ0) is 22.8. The molecule has 2 aromatic carbocycles. The molecule has 0 amide bonds. The third-order valence-electron chi connectivity index (χ3n) is 5.45. The summed E-state index contributed by atoms with van der Waals surface area (Å²) in [5, 5.41) is 9.54. The maximum Gasteiger partial charge on any atom is 2.00 e. The van der Waals surface area contributed by atoms with Crippen molar-refractivity contribution in [1.82, 2.24) is 0 Å². The quantitative estimate of drug-likeness (QED) is 0.145. The molecular formula is C26H28CuN2O2S2. The molecule has 7 heteroatoms. The molecule has 33 heavy (non-hydrogen) atoms. The molecule has 177 valence electrons. The summed E-state index contributed by atoms with van der Waals surface area (Å²) in [6.45, 7) is 0. The SMILES string of the molecule is COc1ccc(C(=S)/C=C\[N-][C@@H]2CCCC[C@H]2[N-]/C=C\C(=S)c2ccc(OC)cc2)cc1.[Cu+2]. The molecule has 0 spiro atoms. The maximum absolute atomic E-state index is 5.51. The van der Waals surface area contributed by atoms with Gasteiger partial charge in [0.2, 0.25) is 0 Å². The molecule has 0 aliphatic heterocycles. The molecule has 2 aromatic rings. The smallest absolute Gasteiger partial charge is 0.689 e. The number of thiocarbonyl (C=S) groups is 2. The second-order valence-corrected chi connectivity index (χ2v) is 8.41. The Kier molecular flexibility index (Phi) is 11.6. The summed E-state index contributed by atoms with van der Waals surface area (Å²) >= 11 is 11.0. The van der Waals surface area contributed by atoms with E-state index in [0.29, 0.717) is 0 Å². The van der Waals surface area contributed by atoms with Gasteiger partial charge >= 0.3 is 17.1 Å². The van der Waals surface area contributed by atoms with Gasteiger partial charge < -0.3 is 20.1 Å². The number of ether oxygens (including phenoxy) is 2. The Morgan fingerprint density at radius 2 is 1.09 bits per heavy atom. The normalized spacial score (nSPS) is 17.9. The van der Waals surface area contributed by atoms with Gasteiger partial charge in [0.1, 0.15) is 11.5 Å². The summed E-state index contributed by atoms with van der Waals surface area (Å²) in [4.78, 5) is 1.51. The van der Waals surface area contributed by atoms with Crippen LogP contribution in [0.3, 0.4) is 0 Å². The van der Waals surface area contributed by atoms with Crippen LogP contribution < -0.4 is 9.47 Å². The second-order valence-electron chi connectivity index (χ2n) is 7.53. The van der Waals surface area contributed by atoms with Crippen molar-refractivity contribution < 1.29 is 26.5 Å². The van der Waals surface area contributed by atoms with Crippen molar-refractivity contribution in [2.45, 2.75) is 37.8 Å². The van der Waals surface area contributed by atoms with E-state index in [1.165, 1.54) is 12.8 Å². The van der Waals surface area contributed by atoms with Crippen LogP contribution in [0.2, 0.25) is 0 Å². The first-order valence-corrected chi connectivity index (χ1v) is 11.5. The van der Waals surface area contributed by atoms with Gasteiger partial charge in [-0.3, -0.25) is 0 Å². The number of benzene rings is 2. The number of rotatable bonds is 10. The Labute approximate surface area is 218 Å². The van der Waals surface area contributed by atoms with Gasteiger partial charge in [-0.25, -0.2) is 0 Å². The minimum atomic E-state index is 0. The van der Waals surface area contributed by atoms with Crippen molar-refractivity contribution in [3.05, 3.63) is 94.8 Å². The summed E-state index contributed by atoms with van der Waals surface area (Å²) in [6.07, 6.45) is 11.8. The van der Waals surface area contributed by atoms with Crippen LogP contribution in [0.5, 0.6) is 11.5 Å². The molecule has 1 fully saturated rings. The first-order chi connectivity index (χ1) is 15.6. The first kappa shape index (κ1) is 27.1.